The van der Waals surface area contributed by atoms with Crippen molar-refractivity contribution < 1.29 is 23.9 Å². The minimum absolute atomic E-state index is 0.0457. The summed E-state index contributed by atoms with van der Waals surface area (Å²) in [6, 6.07) is 15.1. The van der Waals surface area contributed by atoms with E-state index in [1.165, 1.54) is 16.8 Å². The first-order chi connectivity index (χ1) is 17.9. The highest BCUT2D eigenvalue weighted by atomic mass is 19.3. The third kappa shape index (κ3) is 4.60. The molecule has 4 atom stereocenters. The molecule has 3 N–H and O–H groups in total. The number of nitrogens with two attached hydrogens (primary N) is 1. The first kappa shape index (κ1) is 25.0. The molecule has 1 spiro atoms. The Kier molecular flexibility index (Phi) is 6.58. The van der Waals surface area contributed by atoms with Gasteiger partial charge in [0.1, 0.15) is 5.92 Å². The van der Waals surface area contributed by atoms with Crippen molar-refractivity contribution in [2.75, 3.05) is 19.6 Å². The molecule has 2 aromatic rings. The third-order valence-corrected chi connectivity index (χ3v) is 10.1. The summed E-state index contributed by atoms with van der Waals surface area (Å²) in [4.78, 5) is 20.3. The number of alkyl halides is 2. The fourth-order valence-corrected chi connectivity index (χ4v) is 8.21. The standard InChI is InChI=1S/C31H39F2N3O/c1-21-9-10-25-27(35-21)8-5-14-30(25)20-34-19-26(30)29(37)36-17-13-24(22-6-3-2-4-7-22)18-28(36)23-11-15-31(32,33)16-12-23/h2-4,6-7,9-10,23-24,26,28,34H,5,8,11-20H2,1H3/p+2/t24-,26+,28+,30+/m1/s1. The molecule has 6 rings (SSSR count). The summed E-state index contributed by atoms with van der Waals surface area (Å²) < 4.78 is 28.2. The molecule has 1 aromatic heterocycles. The van der Waals surface area contributed by atoms with E-state index in [0.29, 0.717) is 18.8 Å². The fourth-order valence-electron chi connectivity index (χ4n) is 8.21. The van der Waals surface area contributed by atoms with Crippen LogP contribution in [0.4, 0.5) is 8.78 Å². The number of nitrogens with one attached hydrogen (secondary N) is 1. The van der Waals surface area contributed by atoms with Crippen LogP contribution in [0.1, 0.15) is 79.8 Å². The molecule has 0 radical (unpaired) electrons. The second kappa shape index (κ2) is 9.76. The van der Waals surface area contributed by atoms with Gasteiger partial charge in [-0.25, -0.2) is 13.8 Å². The number of likely N-dealkylation sites (tertiary alicyclic amines) is 1. The Balaban J connectivity index is 1.30. The van der Waals surface area contributed by atoms with Crippen LogP contribution in [0.25, 0.3) is 0 Å². The van der Waals surface area contributed by atoms with Crippen LogP contribution in [-0.2, 0) is 16.6 Å². The van der Waals surface area contributed by atoms with Crippen molar-refractivity contribution in [1.82, 2.24) is 4.90 Å². The molecule has 2 saturated heterocycles. The molecule has 3 heterocycles. The first-order valence-electron chi connectivity index (χ1n) is 14.4. The van der Waals surface area contributed by atoms with E-state index >= 15 is 0 Å². The molecular weight excluding hydrogens is 468 g/mol. The predicted octanol–water partition coefficient (Wildman–Crippen LogP) is 4.18. The molecule has 0 bridgehead atoms. The van der Waals surface area contributed by atoms with E-state index in [0.717, 1.165) is 57.4 Å². The molecule has 198 valence electrons. The van der Waals surface area contributed by atoms with Gasteiger partial charge in [-0.15, -0.1) is 0 Å². The molecule has 2 aliphatic heterocycles. The lowest BCUT2D eigenvalue weighted by atomic mass is 9.64. The number of rotatable bonds is 3. The minimum Gasteiger partial charge on any atom is -0.345 e. The van der Waals surface area contributed by atoms with Gasteiger partial charge < -0.3 is 10.2 Å². The maximum atomic E-state index is 14.5. The Labute approximate surface area is 219 Å². The number of aromatic amines is 1. The summed E-state index contributed by atoms with van der Waals surface area (Å²) in [5.74, 6) is -1.79. The number of piperidine rings is 1. The van der Waals surface area contributed by atoms with Crippen molar-refractivity contribution in [3.8, 4) is 0 Å². The molecule has 1 aromatic carbocycles. The number of H-pyrrole nitrogens is 1. The molecule has 1 saturated carbocycles. The number of fused-ring (bicyclic) bond motifs is 2. The molecule has 1 amide bonds. The summed E-state index contributed by atoms with van der Waals surface area (Å²) in [6.45, 7) is 4.60. The molecule has 0 unspecified atom stereocenters. The first-order valence-corrected chi connectivity index (χ1v) is 14.4. The van der Waals surface area contributed by atoms with Gasteiger partial charge >= 0.3 is 0 Å². The van der Waals surface area contributed by atoms with Crippen LogP contribution in [0.3, 0.4) is 0 Å². The lowest BCUT2D eigenvalue weighted by Gasteiger charge is -2.47. The van der Waals surface area contributed by atoms with E-state index in [1.54, 1.807) is 0 Å². The van der Waals surface area contributed by atoms with Crippen LogP contribution in [0.5, 0.6) is 0 Å². The Morgan fingerprint density at radius 1 is 1.05 bits per heavy atom. The Morgan fingerprint density at radius 3 is 2.62 bits per heavy atom. The summed E-state index contributed by atoms with van der Waals surface area (Å²) in [6.07, 6.45) is 5.96. The van der Waals surface area contributed by atoms with E-state index in [9.17, 15) is 13.6 Å². The average molecular weight is 510 g/mol. The minimum atomic E-state index is -2.55. The molecule has 2 aliphatic carbocycles. The number of amides is 1. The second-order valence-electron chi connectivity index (χ2n) is 12.2. The average Bonchev–Trinajstić information content (AvgIpc) is 3.32. The van der Waals surface area contributed by atoms with Gasteiger partial charge in [0.05, 0.1) is 18.5 Å². The number of aromatic nitrogens is 1. The summed E-state index contributed by atoms with van der Waals surface area (Å²) in [7, 11) is 0. The Morgan fingerprint density at radius 2 is 1.84 bits per heavy atom. The third-order valence-electron chi connectivity index (χ3n) is 10.1. The van der Waals surface area contributed by atoms with Crippen LogP contribution in [0.2, 0.25) is 0 Å². The molecule has 3 fully saturated rings. The van der Waals surface area contributed by atoms with Crippen molar-refractivity contribution >= 4 is 5.91 Å². The number of aryl methyl sites for hydroxylation is 2. The zero-order valence-corrected chi connectivity index (χ0v) is 22.0. The van der Waals surface area contributed by atoms with Gasteiger partial charge in [0.25, 0.3) is 0 Å². The van der Waals surface area contributed by atoms with Crippen LogP contribution >= 0.6 is 0 Å². The monoisotopic (exact) mass is 509 g/mol. The van der Waals surface area contributed by atoms with Crippen molar-refractivity contribution in [2.45, 2.75) is 88.0 Å². The SMILES string of the molecule is Cc1ccc2c([nH+]1)CCC[C@]21C[NH2+]C[C@H]1C(=O)N1CC[C@@H](c2ccccc2)C[C@H]1C1CCC(F)(F)CC1. The number of pyridine rings is 1. The predicted molar refractivity (Wildman–Crippen MR) is 138 cm³/mol. The lowest BCUT2D eigenvalue weighted by molar-refractivity contribution is -0.640. The van der Waals surface area contributed by atoms with Crippen molar-refractivity contribution in [2.24, 2.45) is 11.8 Å². The largest absolute Gasteiger partial charge is 0.345 e. The van der Waals surface area contributed by atoms with Gasteiger partial charge in [-0.05, 0) is 62.0 Å². The zero-order valence-electron chi connectivity index (χ0n) is 22.0. The lowest BCUT2D eigenvalue weighted by Crippen LogP contribution is -2.82. The van der Waals surface area contributed by atoms with E-state index in [-0.39, 0.29) is 42.0 Å². The molecule has 6 heteroatoms. The zero-order chi connectivity index (χ0) is 25.6. The number of quaternary nitrogens is 1. The van der Waals surface area contributed by atoms with E-state index in [1.807, 2.05) is 6.07 Å². The quantitative estimate of drug-likeness (QED) is 0.663. The number of halogens is 2. The molecule has 37 heavy (non-hydrogen) atoms. The maximum absolute atomic E-state index is 14.5. The van der Waals surface area contributed by atoms with Crippen LogP contribution in [0.15, 0.2) is 42.5 Å². The van der Waals surface area contributed by atoms with E-state index < -0.39 is 5.92 Å². The number of nitrogens with zero attached hydrogens (tertiary/aromatic N) is 1. The van der Waals surface area contributed by atoms with Crippen LogP contribution in [0, 0.1) is 18.8 Å². The van der Waals surface area contributed by atoms with Crippen molar-refractivity contribution in [3.05, 3.63) is 65.0 Å². The van der Waals surface area contributed by atoms with Gasteiger partial charge in [0, 0.05) is 50.4 Å². The van der Waals surface area contributed by atoms with Crippen molar-refractivity contribution in [3.63, 3.8) is 0 Å². The Bertz CT molecular complexity index is 1130. The molecule has 4 nitrogen and oxygen atoms in total. The fraction of sp³-hybridized carbons (Fsp3) is 0.613. The van der Waals surface area contributed by atoms with Crippen molar-refractivity contribution in [1.29, 1.82) is 0 Å². The van der Waals surface area contributed by atoms with E-state index in [4.69, 9.17) is 0 Å². The normalized spacial score (nSPS) is 31.9. The van der Waals surface area contributed by atoms with Gasteiger partial charge in [-0.2, -0.15) is 0 Å². The van der Waals surface area contributed by atoms with Crippen LogP contribution in [-0.4, -0.2) is 42.4 Å². The number of benzene rings is 1. The van der Waals surface area contributed by atoms with Gasteiger partial charge in [0.2, 0.25) is 11.8 Å². The highest BCUT2D eigenvalue weighted by Crippen LogP contribution is 2.47. The van der Waals surface area contributed by atoms with E-state index in [2.05, 4.69) is 58.5 Å². The number of hydrogen-bond acceptors (Lipinski definition) is 1. The number of carbonyl (C=O) groups is 1. The summed E-state index contributed by atoms with van der Waals surface area (Å²) in [5, 5.41) is 2.34. The topological polar surface area (TPSA) is 51.1 Å². The van der Waals surface area contributed by atoms with Gasteiger partial charge in [-0.3, -0.25) is 4.79 Å². The number of hydrogen-bond donors (Lipinski definition) is 1. The van der Waals surface area contributed by atoms with Crippen LogP contribution < -0.4 is 10.3 Å². The maximum Gasteiger partial charge on any atom is 0.248 e. The van der Waals surface area contributed by atoms with Gasteiger partial charge in [-0.1, -0.05) is 30.3 Å². The Hall–Kier alpha value is -2.34. The number of carbonyl (C=O) groups excluding carboxylic acids is 1. The smallest absolute Gasteiger partial charge is 0.248 e. The summed E-state index contributed by atoms with van der Waals surface area (Å²) in [5.41, 5.74) is 4.99. The van der Waals surface area contributed by atoms with Gasteiger partial charge in [0.15, 0.2) is 11.4 Å². The second-order valence-corrected chi connectivity index (χ2v) is 12.2. The molecule has 4 aliphatic rings. The highest BCUT2D eigenvalue weighted by Gasteiger charge is 2.56. The highest BCUT2D eigenvalue weighted by molar-refractivity contribution is 5.82. The molecular formula is C31H41F2N3O+2. The summed E-state index contributed by atoms with van der Waals surface area (Å²) >= 11 is 0.